The summed E-state index contributed by atoms with van der Waals surface area (Å²) >= 11 is 7.53. The number of aromatic nitrogens is 3. The van der Waals surface area contributed by atoms with Gasteiger partial charge in [0.1, 0.15) is 9.88 Å². The lowest BCUT2D eigenvalue weighted by atomic mass is 10.2. The molecular weight excluding hydrogens is 392 g/mol. The molecule has 5 nitrogen and oxygen atoms in total. The van der Waals surface area contributed by atoms with Crippen LogP contribution in [0.5, 0.6) is 0 Å². The molecule has 4 aromatic rings. The predicted octanol–water partition coefficient (Wildman–Crippen LogP) is 4.62. The van der Waals surface area contributed by atoms with Crippen LogP contribution < -0.4 is 5.32 Å². The van der Waals surface area contributed by atoms with Crippen molar-refractivity contribution < 1.29 is 4.79 Å². The van der Waals surface area contributed by atoms with Gasteiger partial charge in [-0.15, -0.1) is 11.3 Å². The molecule has 2 aromatic heterocycles. The topological polar surface area (TPSA) is 59.8 Å². The number of nitrogens with one attached hydrogen (secondary N) is 1. The van der Waals surface area contributed by atoms with Crippen molar-refractivity contribution in [1.29, 1.82) is 0 Å². The summed E-state index contributed by atoms with van der Waals surface area (Å²) in [6, 6.07) is 19.4. The number of carbonyl (C=O) groups excluding carboxylic acids is 1. The second kappa shape index (κ2) is 8.37. The zero-order valence-corrected chi connectivity index (χ0v) is 16.5. The van der Waals surface area contributed by atoms with Crippen molar-refractivity contribution in [1.82, 2.24) is 20.1 Å². The van der Waals surface area contributed by atoms with Crippen molar-refractivity contribution in [3.05, 3.63) is 88.7 Å². The van der Waals surface area contributed by atoms with Crippen molar-refractivity contribution in [2.45, 2.75) is 6.42 Å². The van der Waals surface area contributed by atoms with E-state index in [1.807, 2.05) is 71.5 Å². The standard InChI is InChI=1S/C21H17ClN4OS/c22-18-9-5-4-8-17(18)21-24-14-19(28-21)20(27)23-12-10-15-11-13-26(25-15)16-6-2-1-3-7-16/h1-9,11,13-14H,10,12H2,(H,23,27). The number of carbonyl (C=O) groups is 1. The summed E-state index contributed by atoms with van der Waals surface area (Å²) in [5, 5.41) is 8.83. The second-order valence-electron chi connectivity index (χ2n) is 6.10. The SMILES string of the molecule is O=C(NCCc1ccn(-c2ccccc2)n1)c1cnc(-c2ccccc2Cl)s1. The molecule has 0 fully saturated rings. The van der Waals surface area contributed by atoms with Crippen LogP contribution in [0.2, 0.25) is 5.02 Å². The first-order valence-electron chi connectivity index (χ1n) is 8.79. The molecule has 1 amide bonds. The average molecular weight is 409 g/mol. The molecule has 0 bridgehead atoms. The lowest BCUT2D eigenvalue weighted by molar-refractivity contribution is 0.0958. The lowest BCUT2D eigenvalue weighted by Crippen LogP contribution is -2.25. The van der Waals surface area contributed by atoms with E-state index in [2.05, 4.69) is 15.4 Å². The smallest absolute Gasteiger partial charge is 0.263 e. The monoisotopic (exact) mass is 408 g/mol. The molecule has 0 aliphatic carbocycles. The Balaban J connectivity index is 1.34. The van der Waals surface area contributed by atoms with Crippen LogP contribution in [0, 0.1) is 0 Å². The first kappa shape index (κ1) is 18.4. The number of amides is 1. The van der Waals surface area contributed by atoms with Gasteiger partial charge in [-0.05, 0) is 24.3 Å². The lowest BCUT2D eigenvalue weighted by Gasteiger charge is -2.02. The van der Waals surface area contributed by atoms with Crippen LogP contribution in [0.25, 0.3) is 16.3 Å². The highest BCUT2D eigenvalue weighted by molar-refractivity contribution is 7.17. The van der Waals surface area contributed by atoms with E-state index in [-0.39, 0.29) is 5.91 Å². The van der Waals surface area contributed by atoms with Gasteiger partial charge in [-0.3, -0.25) is 4.79 Å². The summed E-state index contributed by atoms with van der Waals surface area (Å²) in [7, 11) is 0. The van der Waals surface area contributed by atoms with E-state index in [9.17, 15) is 4.79 Å². The Kier molecular flexibility index (Phi) is 5.50. The van der Waals surface area contributed by atoms with Gasteiger partial charge in [-0.2, -0.15) is 5.10 Å². The molecule has 1 N–H and O–H groups in total. The first-order chi connectivity index (χ1) is 13.7. The Morgan fingerprint density at radius 3 is 2.68 bits per heavy atom. The van der Waals surface area contributed by atoms with Gasteiger partial charge in [-0.1, -0.05) is 48.0 Å². The Bertz CT molecular complexity index is 1090. The van der Waals surface area contributed by atoms with Crippen molar-refractivity contribution in [3.63, 3.8) is 0 Å². The van der Waals surface area contributed by atoms with Crippen LogP contribution in [-0.2, 0) is 6.42 Å². The van der Waals surface area contributed by atoms with Crippen molar-refractivity contribution in [2.75, 3.05) is 6.54 Å². The number of hydrogen-bond donors (Lipinski definition) is 1. The molecule has 0 unspecified atom stereocenters. The van der Waals surface area contributed by atoms with E-state index >= 15 is 0 Å². The highest BCUT2D eigenvalue weighted by atomic mass is 35.5. The van der Waals surface area contributed by atoms with Gasteiger partial charge in [0, 0.05) is 24.7 Å². The van der Waals surface area contributed by atoms with Crippen LogP contribution in [0.15, 0.2) is 73.1 Å². The maximum atomic E-state index is 12.4. The summed E-state index contributed by atoms with van der Waals surface area (Å²) in [6.45, 7) is 0.504. The summed E-state index contributed by atoms with van der Waals surface area (Å²) in [5.74, 6) is -0.140. The number of rotatable bonds is 6. The molecule has 0 atom stereocenters. The molecule has 0 radical (unpaired) electrons. The summed E-state index contributed by atoms with van der Waals surface area (Å²) in [5.41, 5.74) is 2.76. The van der Waals surface area contributed by atoms with Gasteiger partial charge >= 0.3 is 0 Å². The van der Waals surface area contributed by atoms with E-state index in [4.69, 9.17) is 11.6 Å². The number of nitrogens with zero attached hydrogens (tertiary/aromatic N) is 3. The Hall–Kier alpha value is -2.96. The Labute approximate surface area is 171 Å². The summed E-state index contributed by atoms with van der Waals surface area (Å²) in [6.07, 6.45) is 4.16. The summed E-state index contributed by atoms with van der Waals surface area (Å²) < 4.78 is 1.83. The van der Waals surface area contributed by atoms with Gasteiger partial charge < -0.3 is 5.32 Å². The van der Waals surface area contributed by atoms with Crippen LogP contribution in [0.4, 0.5) is 0 Å². The molecule has 2 heterocycles. The summed E-state index contributed by atoms with van der Waals surface area (Å²) in [4.78, 5) is 17.3. The van der Waals surface area contributed by atoms with E-state index < -0.39 is 0 Å². The molecule has 140 valence electrons. The number of halogens is 1. The van der Waals surface area contributed by atoms with Crippen molar-refractivity contribution >= 4 is 28.8 Å². The molecular formula is C21H17ClN4OS. The number of para-hydroxylation sites is 1. The molecule has 2 aromatic carbocycles. The van der Waals surface area contributed by atoms with E-state index in [1.54, 1.807) is 6.20 Å². The van der Waals surface area contributed by atoms with E-state index in [1.165, 1.54) is 11.3 Å². The van der Waals surface area contributed by atoms with Gasteiger partial charge in [0.15, 0.2) is 0 Å². The molecule has 7 heteroatoms. The van der Waals surface area contributed by atoms with Gasteiger partial charge in [-0.25, -0.2) is 9.67 Å². The van der Waals surface area contributed by atoms with Gasteiger partial charge in [0.05, 0.1) is 22.6 Å². The molecule has 0 aliphatic rings. The maximum absolute atomic E-state index is 12.4. The zero-order chi connectivity index (χ0) is 19.3. The third-order valence-electron chi connectivity index (χ3n) is 4.17. The molecule has 0 saturated carbocycles. The van der Waals surface area contributed by atoms with Gasteiger partial charge in [0.2, 0.25) is 0 Å². The number of hydrogen-bond acceptors (Lipinski definition) is 4. The minimum absolute atomic E-state index is 0.140. The van der Waals surface area contributed by atoms with Crippen LogP contribution in [0.1, 0.15) is 15.4 Å². The second-order valence-corrected chi connectivity index (χ2v) is 7.54. The highest BCUT2D eigenvalue weighted by Crippen LogP contribution is 2.30. The minimum atomic E-state index is -0.140. The fourth-order valence-electron chi connectivity index (χ4n) is 2.75. The van der Waals surface area contributed by atoms with Crippen molar-refractivity contribution in [3.8, 4) is 16.3 Å². The fraction of sp³-hybridized carbons (Fsp3) is 0.0952. The first-order valence-corrected chi connectivity index (χ1v) is 9.99. The highest BCUT2D eigenvalue weighted by Gasteiger charge is 2.13. The predicted molar refractivity (Wildman–Crippen MR) is 112 cm³/mol. The largest absolute Gasteiger partial charge is 0.351 e. The van der Waals surface area contributed by atoms with Crippen LogP contribution >= 0.6 is 22.9 Å². The van der Waals surface area contributed by atoms with E-state index in [0.29, 0.717) is 22.9 Å². The number of thiazole rings is 1. The Morgan fingerprint density at radius 1 is 1.07 bits per heavy atom. The number of benzene rings is 2. The van der Waals surface area contributed by atoms with Gasteiger partial charge in [0.25, 0.3) is 5.91 Å². The zero-order valence-electron chi connectivity index (χ0n) is 14.9. The molecule has 0 aliphatic heterocycles. The van der Waals surface area contributed by atoms with Crippen LogP contribution in [0.3, 0.4) is 0 Å². The third-order valence-corrected chi connectivity index (χ3v) is 5.52. The molecule has 28 heavy (non-hydrogen) atoms. The average Bonchev–Trinajstić information content (AvgIpc) is 3.39. The van der Waals surface area contributed by atoms with Crippen LogP contribution in [-0.4, -0.2) is 27.2 Å². The Morgan fingerprint density at radius 2 is 1.86 bits per heavy atom. The van der Waals surface area contributed by atoms with E-state index in [0.717, 1.165) is 22.0 Å². The molecule has 4 rings (SSSR count). The van der Waals surface area contributed by atoms with Crippen molar-refractivity contribution in [2.24, 2.45) is 0 Å². The maximum Gasteiger partial charge on any atom is 0.263 e. The molecule has 0 saturated heterocycles. The quantitative estimate of drug-likeness (QED) is 0.506. The minimum Gasteiger partial charge on any atom is -0.351 e. The molecule has 0 spiro atoms. The fourth-order valence-corrected chi connectivity index (χ4v) is 3.90. The third kappa shape index (κ3) is 4.13. The normalized spacial score (nSPS) is 10.8.